The van der Waals surface area contributed by atoms with Crippen molar-refractivity contribution in [2.24, 2.45) is 0 Å². The largest absolute Gasteiger partial charge is 0.345 e. The molecule has 0 fully saturated rings. The number of halogens is 1. The lowest BCUT2D eigenvalue weighted by Crippen LogP contribution is -2.27. The SMILES string of the molecule is C[C@@H](NC(=O)c1ccccc1-c1ccccc1)c1ccccc1F. The summed E-state index contributed by atoms with van der Waals surface area (Å²) in [6.45, 7) is 1.78. The Morgan fingerprint density at radius 2 is 1.50 bits per heavy atom. The second-order valence-corrected chi connectivity index (χ2v) is 5.63. The summed E-state index contributed by atoms with van der Waals surface area (Å²) < 4.78 is 13.9. The number of hydrogen-bond acceptors (Lipinski definition) is 1. The van der Waals surface area contributed by atoms with E-state index in [0.29, 0.717) is 11.1 Å². The maximum absolute atomic E-state index is 13.9. The first-order chi connectivity index (χ1) is 11.7. The molecule has 1 N–H and O–H groups in total. The predicted octanol–water partition coefficient (Wildman–Crippen LogP) is 4.98. The summed E-state index contributed by atoms with van der Waals surface area (Å²) in [6, 6.07) is 23.2. The minimum absolute atomic E-state index is 0.217. The van der Waals surface area contributed by atoms with Crippen LogP contribution in [0.5, 0.6) is 0 Å². The number of carbonyl (C=O) groups is 1. The number of benzene rings is 3. The molecule has 0 bridgehead atoms. The van der Waals surface area contributed by atoms with E-state index in [0.717, 1.165) is 11.1 Å². The van der Waals surface area contributed by atoms with Crippen molar-refractivity contribution in [3.8, 4) is 11.1 Å². The Morgan fingerprint density at radius 1 is 0.875 bits per heavy atom. The number of carbonyl (C=O) groups excluding carboxylic acids is 1. The summed E-state index contributed by atoms with van der Waals surface area (Å²) >= 11 is 0. The van der Waals surface area contributed by atoms with Gasteiger partial charge in [-0.25, -0.2) is 4.39 Å². The molecule has 1 amide bonds. The Morgan fingerprint density at radius 3 is 2.25 bits per heavy atom. The third-order valence-electron chi connectivity index (χ3n) is 3.98. The first kappa shape index (κ1) is 15.9. The minimum atomic E-state index is -0.414. The van der Waals surface area contributed by atoms with Crippen molar-refractivity contribution in [3.63, 3.8) is 0 Å². The second-order valence-electron chi connectivity index (χ2n) is 5.63. The van der Waals surface area contributed by atoms with Gasteiger partial charge in [0.25, 0.3) is 5.91 Å². The summed E-state index contributed by atoms with van der Waals surface area (Å²) in [5.41, 5.74) is 2.88. The van der Waals surface area contributed by atoms with E-state index in [4.69, 9.17) is 0 Å². The van der Waals surface area contributed by atoms with E-state index in [2.05, 4.69) is 5.32 Å². The second kappa shape index (κ2) is 7.09. The highest BCUT2D eigenvalue weighted by molar-refractivity contribution is 6.01. The average Bonchev–Trinajstić information content (AvgIpc) is 2.62. The Balaban J connectivity index is 1.88. The Bertz CT molecular complexity index is 845. The highest BCUT2D eigenvalue weighted by Gasteiger charge is 2.17. The first-order valence-corrected chi connectivity index (χ1v) is 7.86. The van der Waals surface area contributed by atoms with Crippen LogP contribution in [0.25, 0.3) is 11.1 Å². The molecule has 0 aliphatic rings. The molecule has 24 heavy (non-hydrogen) atoms. The van der Waals surface area contributed by atoms with E-state index in [1.165, 1.54) is 6.07 Å². The van der Waals surface area contributed by atoms with Crippen LogP contribution in [0.4, 0.5) is 4.39 Å². The van der Waals surface area contributed by atoms with Gasteiger partial charge in [-0.1, -0.05) is 66.7 Å². The van der Waals surface area contributed by atoms with Gasteiger partial charge in [0.15, 0.2) is 0 Å². The van der Waals surface area contributed by atoms with Gasteiger partial charge in [-0.15, -0.1) is 0 Å². The van der Waals surface area contributed by atoms with Gasteiger partial charge < -0.3 is 5.32 Å². The van der Waals surface area contributed by atoms with Crippen LogP contribution in [-0.4, -0.2) is 5.91 Å². The lowest BCUT2D eigenvalue weighted by molar-refractivity contribution is 0.0940. The molecule has 3 heteroatoms. The third-order valence-corrected chi connectivity index (χ3v) is 3.98. The van der Waals surface area contributed by atoms with Crippen molar-refractivity contribution in [2.75, 3.05) is 0 Å². The van der Waals surface area contributed by atoms with Crippen LogP contribution in [-0.2, 0) is 0 Å². The molecular formula is C21H18FNO. The molecule has 3 aromatic rings. The van der Waals surface area contributed by atoms with Crippen LogP contribution in [0.1, 0.15) is 28.9 Å². The Hall–Kier alpha value is -2.94. The summed E-state index contributed by atoms with van der Waals surface area (Å²) in [5.74, 6) is -0.535. The smallest absolute Gasteiger partial charge is 0.252 e. The van der Waals surface area contributed by atoms with E-state index in [1.807, 2.05) is 48.5 Å². The molecule has 0 aliphatic heterocycles. The van der Waals surface area contributed by atoms with Gasteiger partial charge in [0.05, 0.1) is 6.04 Å². The molecule has 3 aromatic carbocycles. The number of amides is 1. The van der Waals surface area contributed by atoms with Crippen molar-refractivity contribution in [3.05, 3.63) is 95.8 Å². The maximum atomic E-state index is 13.9. The Labute approximate surface area is 141 Å². The molecule has 0 aliphatic carbocycles. The zero-order valence-corrected chi connectivity index (χ0v) is 13.4. The molecule has 0 spiro atoms. The van der Waals surface area contributed by atoms with Crippen LogP contribution in [0.15, 0.2) is 78.9 Å². The fourth-order valence-corrected chi connectivity index (χ4v) is 2.73. The first-order valence-electron chi connectivity index (χ1n) is 7.86. The van der Waals surface area contributed by atoms with E-state index in [1.54, 1.807) is 31.2 Å². The molecule has 2 nitrogen and oxygen atoms in total. The zero-order valence-electron chi connectivity index (χ0n) is 13.4. The fourth-order valence-electron chi connectivity index (χ4n) is 2.73. The van der Waals surface area contributed by atoms with Crippen molar-refractivity contribution in [2.45, 2.75) is 13.0 Å². The van der Waals surface area contributed by atoms with Gasteiger partial charge in [0.2, 0.25) is 0 Å². The van der Waals surface area contributed by atoms with Gasteiger partial charge in [-0.05, 0) is 30.2 Å². The van der Waals surface area contributed by atoms with E-state index >= 15 is 0 Å². The number of hydrogen-bond donors (Lipinski definition) is 1. The zero-order chi connectivity index (χ0) is 16.9. The van der Waals surface area contributed by atoms with Crippen molar-refractivity contribution in [1.82, 2.24) is 5.32 Å². The van der Waals surface area contributed by atoms with E-state index in [-0.39, 0.29) is 11.7 Å². The maximum Gasteiger partial charge on any atom is 0.252 e. The molecule has 120 valence electrons. The van der Waals surface area contributed by atoms with E-state index < -0.39 is 6.04 Å². The quantitative estimate of drug-likeness (QED) is 0.721. The topological polar surface area (TPSA) is 29.1 Å². The van der Waals surface area contributed by atoms with Crippen molar-refractivity contribution < 1.29 is 9.18 Å². The molecule has 0 radical (unpaired) electrons. The minimum Gasteiger partial charge on any atom is -0.345 e. The van der Waals surface area contributed by atoms with Crippen LogP contribution < -0.4 is 5.32 Å². The molecule has 0 aromatic heterocycles. The van der Waals surface area contributed by atoms with Gasteiger partial charge in [-0.3, -0.25) is 4.79 Å². The van der Waals surface area contributed by atoms with E-state index in [9.17, 15) is 9.18 Å². The molecule has 0 unspecified atom stereocenters. The third kappa shape index (κ3) is 3.35. The molecular weight excluding hydrogens is 301 g/mol. The van der Waals surface area contributed by atoms with Crippen LogP contribution >= 0.6 is 0 Å². The summed E-state index contributed by atoms with van der Waals surface area (Å²) in [5, 5.41) is 2.88. The molecule has 1 atom stereocenters. The summed E-state index contributed by atoms with van der Waals surface area (Å²) in [7, 11) is 0. The van der Waals surface area contributed by atoms with Gasteiger partial charge >= 0.3 is 0 Å². The highest BCUT2D eigenvalue weighted by atomic mass is 19.1. The van der Waals surface area contributed by atoms with Gasteiger partial charge in [-0.2, -0.15) is 0 Å². The average molecular weight is 319 g/mol. The highest BCUT2D eigenvalue weighted by Crippen LogP contribution is 2.24. The monoisotopic (exact) mass is 319 g/mol. The molecule has 0 heterocycles. The number of nitrogens with one attached hydrogen (secondary N) is 1. The molecule has 0 saturated heterocycles. The number of rotatable bonds is 4. The standard InChI is InChI=1S/C21H18FNO/c1-15(17-11-7-8-14-20(17)22)23-21(24)19-13-6-5-12-18(19)16-9-3-2-4-10-16/h2-15H,1H3,(H,23,24)/t15-/m1/s1. The Kier molecular flexibility index (Phi) is 4.71. The van der Waals surface area contributed by atoms with Gasteiger partial charge in [0.1, 0.15) is 5.82 Å². The lowest BCUT2D eigenvalue weighted by atomic mass is 9.98. The normalized spacial score (nSPS) is 11.8. The fraction of sp³-hybridized carbons (Fsp3) is 0.0952. The van der Waals surface area contributed by atoms with Crippen LogP contribution in [0, 0.1) is 5.82 Å². The predicted molar refractivity (Wildman–Crippen MR) is 94.2 cm³/mol. The molecule has 0 saturated carbocycles. The summed E-state index contributed by atoms with van der Waals surface area (Å²) in [4.78, 5) is 12.7. The van der Waals surface area contributed by atoms with Crippen LogP contribution in [0.2, 0.25) is 0 Å². The van der Waals surface area contributed by atoms with Crippen molar-refractivity contribution in [1.29, 1.82) is 0 Å². The van der Waals surface area contributed by atoms with Crippen LogP contribution in [0.3, 0.4) is 0 Å². The van der Waals surface area contributed by atoms with Crippen molar-refractivity contribution >= 4 is 5.91 Å². The molecule has 3 rings (SSSR count). The van der Waals surface area contributed by atoms with Gasteiger partial charge in [0, 0.05) is 11.1 Å². The summed E-state index contributed by atoms with van der Waals surface area (Å²) in [6.07, 6.45) is 0. The lowest BCUT2D eigenvalue weighted by Gasteiger charge is -2.16.